The van der Waals surface area contributed by atoms with Crippen LogP contribution in [0, 0.1) is 0 Å². The van der Waals surface area contributed by atoms with E-state index < -0.39 is 5.97 Å². The van der Waals surface area contributed by atoms with Gasteiger partial charge in [-0.15, -0.1) is 0 Å². The van der Waals surface area contributed by atoms with Crippen molar-refractivity contribution in [3.8, 4) is 0 Å². The number of hydrogen-bond donors (Lipinski definition) is 1. The number of nitrogens with zero attached hydrogens (tertiary/aromatic N) is 2. The van der Waals surface area contributed by atoms with E-state index in [1.165, 1.54) is 12.8 Å². The number of carbonyl (C=O) groups is 2. The third-order valence-electron chi connectivity index (χ3n) is 4.21. The summed E-state index contributed by atoms with van der Waals surface area (Å²) in [5.74, 6) is -0.585. The highest BCUT2D eigenvalue weighted by Crippen LogP contribution is 2.20. The standard InChI is InChI=1S/C14H24N2O3/c17-13(15-7-3-1-2-4-8-15)11-16-9-5-6-12(16)10-14(18)19/h12H,1-11H2,(H,18,19). The van der Waals surface area contributed by atoms with Gasteiger partial charge in [0.15, 0.2) is 0 Å². The summed E-state index contributed by atoms with van der Waals surface area (Å²) in [5.41, 5.74) is 0. The molecule has 1 N–H and O–H groups in total. The van der Waals surface area contributed by atoms with Crippen LogP contribution in [-0.2, 0) is 9.59 Å². The van der Waals surface area contributed by atoms with Gasteiger partial charge in [-0.2, -0.15) is 0 Å². The Kier molecular flexibility index (Phi) is 5.19. The van der Waals surface area contributed by atoms with Crippen molar-refractivity contribution < 1.29 is 14.7 Å². The zero-order valence-corrected chi connectivity index (χ0v) is 11.5. The zero-order valence-electron chi connectivity index (χ0n) is 11.5. The van der Waals surface area contributed by atoms with E-state index in [4.69, 9.17) is 5.11 Å². The topological polar surface area (TPSA) is 60.9 Å². The fourth-order valence-electron chi connectivity index (χ4n) is 3.13. The average Bonchev–Trinajstić information content (AvgIpc) is 2.65. The van der Waals surface area contributed by atoms with Crippen LogP contribution in [0.2, 0.25) is 0 Å². The molecule has 0 spiro atoms. The Morgan fingerprint density at radius 1 is 1.00 bits per heavy atom. The van der Waals surface area contributed by atoms with E-state index in [2.05, 4.69) is 4.90 Å². The van der Waals surface area contributed by atoms with E-state index in [-0.39, 0.29) is 18.4 Å². The minimum Gasteiger partial charge on any atom is -0.481 e. The summed E-state index contributed by atoms with van der Waals surface area (Å²) in [6.07, 6.45) is 6.71. The minimum absolute atomic E-state index is 0.0495. The SMILES string of the molecule is O=C(O)CC1CCCN1CC(=O)N1CCCCCC1. The number of carbonyl (C=O) groups excluding carboxylic acids is 1. The Labute approximate surface area is 114 Å². The van der Waals surface area contributed by atoms with Crippen molar-refractivity contribution in [2.75, 3.05) is 26.2 Å². The lowest BCUT2D eigenvalue weighted by molar-refractivity contribution is -0.139. The number of amides is 1. The number of hydrogen-bond acceptors (Lipinski definition) is 3. The van der Waals surface area contributed by atoms with Gasteiger partial charge in [0, 0.05) is 19.1 Å². The van der Waals surface area contributed by atoms with Crippen LogP contribution in [-0.4, -0.2) is 59.0 Å². The van der Waals surface area contributed by atoms with E-state index >= 15 is 0 Å². The van der Waals surface area contributed by atoms with Gasteiger partial charge in [-0.05, 0) is 32.2 Å². The molecule has 5 heteroatoms. The summed E-state index contributed by atoms with van der Waals surface area (Å²) in [4.78, 5) is 27.1. The van der Waals surface area contributed by atoms with Gasteiger partial charge < -0.3 is 10.0 Å². The van der Waals surface area contributed by atoms with E-state index in [9.17, 15) is 9.59 Å². The van der Waals surface area contributed by atoms with Crippen LogP contribution in [0.3, 0.4) is 0 Å². The number of likely N-dealkylation sites (tertiary alicyclic amines) is 2. The second-order valence-electron chi connectivity index (χ2n) is 5.66. The highest BCUT2D eigenvalue weighted by Gasteiger charge is 2.29. The van der Waals surface area contributed by atoms with Gasteiger partial charge in [-0.1, -0.05) is 12.8 Å². The summed E-state index contributed by atoms with van der Waals surface area (Å²) in [5, 5.41) is 8.89. The van der Waals surface area contributed by atoms with Crippen LogP contribution in [0.1, 0.15) is 44.9 Å². The molecule has 2 rings (SSSR count). The molecule has 0 aromatic rings. The van der Waals surface area contributed by atoms with Crippen LogP contribution in [0.25, 0.3) is 0 Å². The van der Waals surface area contributed by atoms with Crippen molar-refractivity contribution in [3.63, 3.8) is 0 Å². The molecule has 0 radical (unpaired) electrons. The predicted octanol–water partition coefficient (Wildman–Crippen LogP) is 1.33. The Hall–Kier alpha value is -1.10. The molecule has 0 aromatic heterocycles. The maximum Gasteiger partial charge on any atom is 0.304 e. The van der Waals surface area contributed by atoms with Gasteiger partial charge in [0.2, 0.25) is 5.91 Å². The molecule has 1 amide bonds. The Morgan fingerprint density at radius 3 is 2.32 bits per heavy atom. The first-order valence-electron chi connectivity index (χ1n) is 7.40. The van der Waals surface area contributed by atoms with E-state index in [0.29, 0.717) is 6.54 Å². The molecule has 19 heavy (non-hydrogen) atoms. The van der Waals surface area contributed by atoms with E-state index in [1.807, 2.05) is 4.90 Å². The van der Waals surface area contributed by atoms with Gasteiger partial charge in [0.1, 0.15) is 0 Å². The molecule has 2 aliphatic heterocycles. The molecule has 0 aromatic carbocycles. The lowest BCUT2D eigenvalue weighted by Gasteiger charge is -2.27. The monoisotopic (exact) mass is 268 g/mol. The third-order valence-corrected chi connectivity index (χ3v) is 4.21. The first-order valence-corrected chi connectivity index (χ1v) is 7.40. The molecule has 1 atom stereocenters. The fourth-order valence-corrected chi connectivity index (χ4v) is 3.13. The molecule has 0 bridgehead atoms. The molecular weight excluding hydrogens is 244 g/mol. The van der Waals surface area contributed by atoms with Crippen molar-refractivity contribution in [1.29, 1.82) is 0 Å². The number of carboxylic acids is 1. The molecular formula is C14H24N2O3. The molecule has 2 fully saturated rings. The van der Waals surface area contributed by atoms with Gasteiger partial charge >= 0.3 is 5.97 Å². The summed E-state index contributed by atoms with van der Waals surface area (Å²) in [6.45, 7) is 3.00. The highest BCUT2D eigenvalue weighted by atomic mass is 16.4. The summed E-state index contributed by atoms with van der Waals surface area (Å²) in [7, 11) is 0. The van der Waals surface area contributed by atoms with Crippen molar-refractivity contribution in [3.05, 3.63) is 0 Å². The molecule has 2 heterocycles. The number of aliphatic carboxylic acids is 1. The maximum atomic E-state index is 12.3. The minimum atomic E-state index is -0.765. The molecule has 2 aliphatic rings. The molecule has 108 valence electrons. The molecule has 0 aliphatic carbocycles. The van der Waals surface area contributed by atoms with Crippen molar-refractivity contribution in [2.45, 2.75) is 51.0 Å². The van der Waals surface area contributed by atoms with Crippen LogP contribution >= 0.6 is 0 Å². The van der Waals surface area contributed by atoms with Crippen LogP contribution in [0.4, 0.5) is 0 Å². The fraction of sp³-hybridized carbons (Fsp3) is 0.857. The third kappa shape index (κ3) is 4.20. The van der Waals surface area contributed by atoms with Crippen molar-refractivity contribution in [1.82, 2.24) is 9.80 Å². The Balaban J connectivity index is 1.84. The van der Waals surface area contributed by atoms with Crippen LogP contribution in [0.15, 0.2) is 0 Å². The molecule has 5 nitrogen and oxygen atoms in total. The highest BCUT2D eigenvalue weighted by molar-refractivity contribution is 5.78. The molecule has 0 saturated carbocycles. The molecule has 2 saturated heterocycles. The lowest BCUT2D eigenvalue weighted by Crippen LogP contribution is -2.43. The predicted molar refractivity (Wildman–Crippen MR) is 71.9 cm³/mol. The Morgan fingerprint density at radius 2 is 1.68 bits per heavy atom. The maximum absolute atomic E-state index is 12.3. The summed E-state index contributed by atoms with van der Waals surface area (Å²) >= 11 is 0. The van der Waals surface area contributed by atoms with E-state index in [1.54, 1.807) is 0 Å². The smallest absolute Gasteiger partial charge is 0.304 e. The summed E-state index contributed by atoms with van der Waals surface area (Å²) in [6, 6.07) is 0.0495. The average molecular weight is 268 g/mol. The van der Waals surface area contributed by atoms with Gasteiger partial charge in [-0.3, -0.25) is 14.5 Å². The normalized spacial score (nSPS) is 25.3. The second-order valence-corrected chi connectivity index (χ2v) is 5.66. The molecule has 1 unspecified atom stereocenters. The summed E-state index contributed by atoms with van der Waals surface area (Å²) < 4.78 is 0. The quantitative estimate of drug-likeness (QED) is 0.835. The van der Waals surface area contributed by atoms with Gasteiger partial charge in [-0.25, -0.2) is 0 Å². The van der Waals surface area contributed by atoms with Crippen molar-refractivity contribution in [2.24, 2.45) is 0 Å². The first kappa shape index (κ1) is 14.3. The van der Waals surface area contributed by atoms with E-state index in [0.717, 1.165) is 45.3 Å². The van der Waals surface area contributed by atoms with Gasteiger partial charge in [0.25, 0.3) is 0 Å². The van der Waals surface area contributed by atoms with Crippen LogP contribution in [0.5, 0.6) is 0 Å². The van der Waals surface area contributed by atoms with Crippen molar-refractivity contribution >= 4 is 11.9 Å². The van der Waals surface area contributed by atoms with Gasteiger partial charge in [0.05, 0.1) is 13.0 Å². The number of carboxylic acid groups (broad SMARTS) is 1. The Bertz CT molecular complexity index is 325. The lowest BCUT2D eigenvalue weighted by atomic mass is 10.1. The largest absolute Gasteiger partial charge is 0.481 e. The number of rotatable bonds is 4. The first-order chi connectivity index (χ1) is 9.16. The second kappa shape index (κ2) is 6.89. The van der Waals surface area contributed by atoms with Crippen LogP contribution < -0.4 is 0 Å². The zero-order chi connectivity index (χ0) is 13.7.